The summed E-state index contributed by atoms with van der Waals surface area (Å²) in [5.41, 5.74) is 0.159. The molecule has 3 N–H and O–H groups in total. The maximum absolute atomic E-state index is 14.6. The summed E-state index contributed by atoms with van der Waals surface area (Å²) in [6.07, 6.45) is 1.14. The number of hydrogen-bond donors (Lipinski definition) is 3. The normalized spacial score (nSPS) is 15.1. The Morgan fingerprint density at radius 1 is 1.17 bits per heavy atom. The second-order valence-corrected chi connectivity index (χ2v) is 12.5. The van der Waals surface area contributed by atoms with Gasteiger partial charge in [0, 0.05) is 54.8 Å². The van der Waals surface area contributed by atoms with Crippen LogP contribution in [0.25, 0.3) is 0 Å². The van der Waals surface area contributed by atoms with Gasteiger partial charge in [-0.1, -0.05) is 11.6 Å². The molecule has 0 aliphatic carbocycles. The first-order chi connectivity index (χ1) is 19.7. The lowest BCUT2D eigenvalue weighted by Gasteiger charge is -2.19. The summed E-state index contributed by atoms with van der Waals surface area (Å²) < 4.78 is 72.6. The Morgan fingerprint density at radius 2 is 1.86 bits per heavy atom. The number of nitrogens with zero attached hydrogens (tertiary/aromatic N) is 1. The van der Waals surface area contributed by atoms with Crippen LogP contribution in [-0.4, -0.2) is 61.4 Å². The van der Waals surface area contributed by atoms with E-state index in [1.807, 2.05) is 4.90 Å². The number of carboxylic acid groups (broad SMARTS) is 1. The lowest BCUT2D eigenvalue weighted by atomic mass is 10.1. The lowest BCUT2D eigenvalue weighted by molar-refractivity contribution is -0.122. The number of sulfone groups is 1. The number of nitrogens with one attached hydrogen (secondary N) is 1. The summed E-state index contributed by atoms with van der Waals surface area (Å²) in [4.78, 5) is 23.0. The second kappa shape index (κ2) is 14.3. The van der Waals surface area contributed by atoms with E-state index in [0.29, 0.717) is 31.6 Å². The van der Waals surface area contributed by atoms with Crippen molar-refractivity contribution >= 4 is 55.4 Å². The molecule has 42 heavy (non-hydrogen) atoms. The average Bonchev–Trinajstić information content (AvgIpc) is 3.31. The Bertz CT molecular complexity index is 1590. The molecule has 1 saturated heterocycles. The van der Waals surface area contributed by atoms with Gasteiger partial charge in [-0.15, -0.1) is 0 Å². The number of likely N-dealkylation sites (tertiary alicyclic amines) is 1. The van der Waals surface area contributed by atoms with E-state index in [1.54, 1.807) is 0 Å². The molecule has 226 valence electrons. The molecule has 0 aromatic heterocycles. The van der Waals surface area contributed by atoms with Gasteiger partial charge >= 0.3 is 0 Å². The third kappa shape index (κ3) is 8.67. The summed E-state index contributed by atoms with van der Waals surface area (Å²) in [7, 11) is -3.55. The van der Waals surface area contributed by atoms with Crippen LogP contribution < -0.4 is 10.1 Å². The van der Waals surface area contributed by atoms with Gasteiger partial charge in [-0.25, -0.2) is 21.6 Å². The fourth-order valence-electron chi connectivity index (χ4n) is 4.11. The van der Waals surface area contributed by atoms with E-state index in [9.17, 15) is 31.5 Å². The van der Waals surface area contributed by atoms with E-state index >= 15 is 0 Å². The van der Waals surface area contributed by atoms with E-state index in [1.165, 1.54) is 24.3 Å². The standard InChI is InChI=1S/C26H23BrClF3N2O5S.CH2O2/c1-39(36,37)18-2-3-19(21(28)9-18)26(35)32-16-6-15(25(31)23(30)8-16)13-38-24-10-22(29)20(27)7-14(24)11-33-5-4-17(34)12-33;2-1-3/h2-3,6-10,17,34H,4-5,11-13H2,1H3,(H,32,35);1H,(H,2,3)/t17-;/m0./s1. The van der Waals surface area contributed by atoms with Crippen LogP contribution in [0.5, 0.6) is 5.75 Å². The SMILES string of the molecule is CS(=O)(=O)c1ccc(C(=O)Nc2cc(F)c(F)c(COc3cc(F)c(Br)cc3CN3CC[C@H](O)C3)c2)c(Cl)c1.O=CO. The van der Waals surface area contributed by atoms with Crippen LogP contribution in [0.15, 0.2) is 51.8 Å². The first-order valence-electron chi connectivity index (χ1n) is 12.1. The van der Waals surface area contributed by atoms with Gasteiger partial charge < -0.3 is 20.3 Å². The zero-order chi connectivity index (χ0) is 31.2. The summed E-state index contributed by atoms with van der Waals surface area (Å²) in [5, 5.41) is 19.0. The second-order valence-electron chi connectivity index (χ2n) is 9.24. The molecule has 9 nitrogen and oxygen atoms in total. The number of anilines is 1. The van der Waals surface area contributed by atoms with E-state index < -0.39 is 45.9 Å². The zero-order valence-corrected chi connectivity index (χ0v) is 25.1. The predicted molar refractivity (Wildman–Crippen MR) is 152 cm³/mol. The molecule has 4 rings (SSSR count). The number of ether oxygens (including phenoxy) is 1. The van der Waals surface area contributed by atoms with E-state index in [4.69, 9.17) is 26.2 Å². The van der Waals surface area contributed by atoms with Gasteiger partial charge in [-0.3, -0.25) is 14.5 Å². The van der Waals surface area contributed by atoms with Crippen molar-refractivity contribution in [3.05, 3.63) is 86.1 Å². The Kier molecular flexibility index (Phi) is 11.4. The van der Waals surface area contributed by atoms with Crippen LogP contribution >= 0.6 is 27.5 Å². The topological polar surface area (TPSA) is 133 Å². The molecule has 0 radical (unpaired) electrons. The fraction of sp³-hybridized carbons (Fsp3) is 0.259. The zero-order valence-electron chi connectivity index (χ0n) is 21.9. The number of amides is 1. The molecule has 1 aliphatic heterocycles. The Hall–Kier alpha value is -3.17. The molecule has 3 aromatic rings. The van der Waals surface area contributed by atoms with Crippen molar-refractivity contribution in [1.29, 1.82) is 0 Å². The van der Waals surface area contributed by atoms with Crippen molar-refractivity contribution in [2.75, 3.05) is 24.7 Å². The molecule has 3 aromatic carbocycles. The third-order valence-corrected chi connectivity index (χ3v) is 8.13. The van der Waals surface area contributed by atoms with E-state index in [2.05, 4.69) is 21.2 Å². The molecular formula is C27H25BrClF3N2O7S. The van der Waals surface area contributed by atoms with Gasteiger partial charge in [0.1, 0.15) is 18.2 Å². The van der Waals surface area contributed by atoms with Crippen molar-refractivity contribution in [1.82, 2.24) is 4.90 Å². The van der Waals surface area contributed by atoms with Crippen LogP contribution in [0.3, 0.4) is 0 Å². The summed E-state index contributed by atoms with van der Waals surface area (Å²) in [5.74, 6) is -3.72. The van der Waals surface area contributed by atoms with E-state index in [0.717, 1.165) is 24.5 Å². The van der Waals surface area contributed by atoms with Crippen molar-refractivity contribution < 1.29 is 46.1 Å². The molecule has 1 atom stereocenters. The Balaban J connectivity index is 0.00000155. The highest BCUT2D eigenvalue weighted by molar-refractivity contribution is 9.10. The van der Waals surface area contributed by atoms with Crippen molar-refractivity contribution in [3.8, 4) is 5.75 Å². The molecule has 0 bridgehead atoms. The molecule has 1 amide bonds. The quantitative estimate of drug-likeness (QED) is 0.280. The van der Waals surface area contributed by atoms with E-state index in [-0.39, 0.29) is 43.4 Å². The van der Waals surface area contributed by atoms with Gasteiger partial charge in [0.25, 0.3) is 12.4 Å². The van der Waals surface area contributed by atoms with Crippen molar-refractivity contribution in [2.45, 2.75) is 30.6 Å². The number of rotatable bonds is 8. The summed E-state index contributed by atoms with van der Waals surface area (Å²) in [6, 6.07) is 8.14. The number of β-amino-alcohol motifs (C(OH)–C–C–N with tert-alkyl or cyclic N) is 1. The smallest absolute Gasteiger partial charge is 0.290 e. The molecule has 1 fully saturated rings. The maximum Gasteiger partial charge on any atom is 0.290 e. The molecule has 1 heterocycles. The maximum atomic E-state index is 14.6. The minimum atomic E-state index is -3.55. The predicted octanol–water partition coefficient (Wildman–Crippen LogP) is 5.02. The third-order valence-electron chi connectivity index (χ3n) is 6.10. The van der Waals surface area contributed by atoms with Crippen LogP contribution in [-0.2, 0) is 27.8 Å². The number of carbonyl (C=O) groups is 2. The van der Waals surface area contributed by atoms with Gasteiger partial charge in [0.2, 0.25) is 0 Å². The van der Waals surface area contributed by atoms with Gasteiger partial charge in [-0.2, -0.15) is 0 Å². The molecule has 0 saturated carbocycles. The number of hydrogen-bond acceptors (Lipinski definition) is 7. The van der Waals surface area contributed by atoms with Gasteiger partial charge in [0.15, 0.2) is 21.5 Å². The largest absolute Gasteiger partial charge is 0.488 e. The summed E-state index contributed by atoms with van der Waals surface area (Å²) >= 11 is 9.22. The number of aliphatic hydroxyl groups is 1. The van der Waals surface area contributed by atoms with Crippen LogP contribution in [0.1, 0.15) is 27.9 Å². The van der Waals surface area contributed by atoms with Crippen LogP contribution in [0, 0.1) is 17.5 Å². The van der Waals surface area contributed by atoms with Crippen molar-refractivity contribution in [3.63, 3.8) is 0 Å². The molecular weight excluding hydrogens is 669 g/mol. The lowest BCUT2D eigenvalue weighted by Crippen LogP contribution is -2.22. The minimum Gasteiger partial charge on any atom is -0.488 e. The Morgan fingerprint density at radius 3 is 2.45 bits per heavy atom. The van der Waals surface area contributed by atoms with Gasteiger partial charge in [-0.05, 0) is 52.7 Å². The number of aliphatic hydroxyl groups excluding tert-OH is 1. The number of halogens is 5. The Labute approximate surface area is 252 Å². The highest BCUT2D eigenvalue weighted by Crippen LogP contribution is 2.30. The molecule has 0 spiro atoms. The molecule has 15 heteroatoms. The minimum absolute atomic E-state index is 0.0754. The van der Waals surface area contributed by atoms with Gasteiger partial charge in [0.05, 0.1) is 26.1 Å². The highest BCUT2D eigenvalue weighted by atomic mass is 79.9. The fourth-order valence-corrected chi connectivity index (χ4v) is 5.48. The van der Waals surface area contributed by atoms with Crippen molar-refractivity contribution in [2.24, 2.45) is 0 Å². The monoisotopic (exact) mass is 692 g/mol. The first kappa shape index (κ1) is 33.3. The summed E-state index contributed by atoms with van der Waals surface area (Å²) in [6.45, 7) is 0.694. The molecule has 1 aliphatic rings. The number of benzene rings is 3. The molecule has 0 unspecified atom stereocenters. The first-order valence-corrected chi connectivity index (χ1v) is 15.2. The highest BCUT2D eigenvalue weighted by Gasteiger charge is 2.23. The van der Waals surface area contributed by atoms with Crippen LogP contribution in [0.2, 0.25) is 5.02 Å². The van der Waals surface area contributed by atoms with Crippen LogP contribution in [0.4, 0.5) is 18.9 Å². The average molecular weight is 694 g/mol. The number of carbonyl (C=O) groups excluding carboxylic acids is 1.